The molecule has 0 aliphatic heterocycles. The van der Waals surface area contributed by atoms with E-state index in [1.54, 1.807) is 48.5 Å². The minimum absolute atomic E-state index is 0.0512. The van der Waals surface area contributed by atoms with Crippen molar-refractivity contribution in [1.82, 2.24) is 0 Å². The van der Waals surface area contributed by atoms with Crippen molar-refractivity contribution >= 4 is 39.1 Å². The lowest BCUT2D eigenvalue weighted by molar-refractivity contribution is -0.123. The Balaban J connectivity index is 1.60. The Hall–Kier alpha value is -4.18. The Morgan fingerprint density at radius 1 is 0.800 bits per heavy atom. The van der Waals surface area contributed by atoms with Gasteiger partial charge in [-0.3, -0.25) is 14.3 Å². The summed E-state index contributed by atoms with van der Waals surface area (Å²) in [6.45, 7) is 2.85. The van der Waals surface area contributed by atoms with E-state index in [2.05, 4.69) is 10.0 Å². The van der Waals surface area contributed by atoms with Crippen LogP contribution in [0.1, 0.15) is 34.6 Å². The van der Waals surface area contributed by atoms with E-state index in [1.807, 2.05) is 0 Å². The highest BCUT2D eigenvalue weighted by atomic mass is 32.2. The Morgan fingerprint density at radius 3 is 1.89 bits per heavy atom. The molecule has 3 aromatic rings. The second kappa shape index (κ2) is 10.8. The van der Waals surface area contributed by atoms with Crippen molar-refractivity contribution in [3.05, 3.63) is 83.9 Å². The number of anilines is 2. The summed E-state index contributed by atoms with van der Waals surface area (Å²) in [5.41, 5.74) is 1.39. The Morgan fingerprint density at radius 2 is 1.34 bits per heavy atom. The quantitative estimate of drug-likeness (QED) is 0.340. The lowest BCUT2D eigenvalue weighted by Gasteiger charge is -2.14. The van der Waals surface area contributed by atoms with Gasteiger partial charge in [0.25, 0.3) is 15.9 Å². The second-order valence-corrected chi connectivity index (χ2v) is 9.21. The highest BCUT2D eigenvalue weighted by Gasteiger charge is 2.20. The molecular weight excluding hydrogens is 472 g/mol. The SMILES string of the molecule is COc1ccc(NS(=O)(=O)c2ccc(C(=O)OC(C)C(=O)Nc3ccc(C(C)=O)cc3)cc2)cc1. The molecule has 3 aromatic carbocycles. The number of carbonyl (C=O) groups is 3. The van der Waals surface area contributed by atoms with Gasteiger partial charge in [-0.2, -0.15) is 0 Å². The van der Waals surface area contributed by atoms with E-state index >= 15 is 0 Å². The van der Waals surface area contributed by atoms with Gasteiger partial charge in [0, 0.05) is 16.9 Å². The molecule has 0 bridgehead atoms. The van der Waals surface area contributed by atoms with Crippen LogP contribution in [0.15, 0.2) is 77.7 Å². The first kappa shape index (κ1) is 25.4. The fourth-order valence-electron chi connectivity index (χ4n) is 2.96. The number of hydrogen-bond donors (Lipinski definition) is 2. The van der Waals surface area contributed by atoms with Crippen molar-refractivity contribution in [2.75, 3.05) is 17.1 Å². The third-order valence-electron chi connectivity index (χ3n) is 4.95. The standard InChI is InChI=1S/C25H24N2O7S/c1-16(28)18-4-8-20(9-5-18)26-24(29)17(2)34-25(30)19-6-14-23(15-7-19)35(31,32)27-21-10-12-22(33-3)13-11-21/h4-15,17,27H,1-3H3,(H,26,29). The molecule has 0 aliphatic carbocycles. The lowest BCUT2D eigenvalue weighted by Crippen LogP contribution is -2.30. The van der Waals surface area contributed by atoms with E-state index in [1.165, 1.54) is 45.2 Å². The van der Waals surface area contributed by atoms with E-state index in [0.29, 0.717) is 22.7 Å². The summed E-state index contributed by atoms with van der Waals surface area (Å²) in [4.78, 5) is 36.1. The first-order valence-corrected chi connectivity index (χ1v) is 12.0. The van der Waals surface area contributed by atoms with Crippen LogP contribution in [-0.4, -0.2) is 39.3 Å². The number of esters is 1. The largest absolute Gasteiger partial charge is 0.497 e. The van der Waals surface area contributed by atoms with Crippen molar-refractivity contribution < 1.29 is 32.3 Å². The van der Waals surface area contributed by atoms with Crippen molar-refractivity contribution in [2.45, 2.75) is 24.8 Å². The molecule has 2 N–H and O–H groups in total. The summed E-state index contributed by atoms with van der Waals surface area (Å²) < 4.78 is 37.9. The number of ketones is 1. The molecule has 0 radical (unpaired) electrons. The summed E-state index contributed by atoms with van der Waals surface area (Å²) in [5.74, 6) is -0.853. The molecule has 9 nitrogen and oxygen atoms in total. The number of benzene rings is 3. The van der Waals surface area contributed by atoms with Gasteiger partial charge >= 0.3 is 5.97 Å². The van der Waals surface area contributed by atoms with Gasteiger partial charge in [-0.1, -0.05) is 0 Å². The summed E-state index contributed by atoms with van der Waals surface area (Å²) in [6, 6.07) is 17.8. The van der Waals surface area contributed by atoms with Gasteiger partial charge in [-0.05, 0) is 86.6 Å². The monoisotopic (exact) mass is 496 g/mol. The molecule has 0 saturated heterocycles. The first-order valence-electron chi connectivity index (χ1n) is 10.5. The maximum absolute atomic E-state index is 12.6. The highest BCUT2D eigenvalue weighted by molar-refractivity contribution is 7.92. The van der Waals surface area contributed by atoms with Crippen molar-refractivity contribution in [1.29, 1.82) is 0 Å². The number of sulfonamides is 1. The van der Waals surface area contributed by atoms with Crippen LogP contribution in [0, 0.1) is 0 Å². The third-order valence-corrected chi connectivity index (χ3v) is 6.35. The predicted octanol–water partition coefficient (Wildman–Crippen LogP) is 3.88. The molecule has 35 heavy (non-hydrogen) atoms. The number of carbonyl (C=O) groups excluding carboxylic acids is 3. The van der Waals surface area contributed by atoms with Gasteiger partial charge in [0.2, 0.25) is 0 Å². The molecule has 3 rings (SSSR count). The molecule has 0 heterocycles. The number of rotatable bonds is 9. The van der Waals surface area contributed by atoms with E-state index in [0.717, 1.165) is 0 Å². The van der Waals surface area contributed by atoms with Crippen LogP contribution in [-0.2, 0) is 19.6 Å². The molecule has 182 valence electrons. The maximum atomic E-state index is 12.6. The zero-order chi connectivity index (χ0) is 25.6. The van der Waals surface area contributed by atoms with Crippen LogP contribution in [0.3, 0.4) is 0 Å². The number of Topliss-reactive ketones (excluding diaryl/α,β-unsaturated/α-hetero) is 1. The molecule has 0 fully saturated rings. The average molecular weight is 497 g/mol. The molecule has 0 saturated carbocycles. The van der Waals surface area contributed by atoms with Gasteiger partial charge in [0.1, 0.15) is 5.75 Å². The number of ether oxygens (including phenoxy) is 2. The summed E-state index contributed by atoms with van der Waals surface area (Å²) in [5, 5.41) is 2.60. The molecule has 0 spiro atoms. The molecule has 1 unspecified atom stereocenters. The predicted molar refractivity (Wildman–Crippen MR) is 130 cm³/mol. The van der Waals surface area contributed by atoms with Gasteiger partial charge < -0.3 is 14.8 Å². The molecule has 1 amide bonds. The fraction of sp³-hybridized carbons (Fsp3) is 0.160. The maximum Gasteiger partial charge on any atom is 0.338 e. The van der Waals surface area contributed by atoms with Gasteiger partial charge in [0.05, 0.1) is 17.6 Å². The molecule has 0 aromatic heterocycles. The van der Waals surface area contributed by atoms with Crippen LogP contribution < -0.4 is 14.8 Å². The van der Waals surface area contributed by atoms with E-state index in [-0.39, 0.29) is 16.2 Å². The molecule has 10 heteroatoms. The van der Waals surface area contributed by atoms with Crippen molar-refractivity contribution in [3.63, 3.8) is 0 Å². The lowest BCUT2D eigenvalue weighted by atomic mass is 10.1. The summed E-state index contributed by atoms with van der Waals surface area (Å²) in [6.07, 6.45) is -1.12. The Bertz CT molecular complexity index is 1320. The highest BCUT2D eigenvalue weighted by Crippen LogP contribution is 2.20. The Kier molecular flexibility index (Phi) is 7.87. The number of amides is 1. The summed E-state index contributed by atoms with van der Waals surface area (Å²) in [7, 11) is -2.38. The van der Waals surface area contributed by atoms with Gasteiger partial charge in [0.15, 0.2) is 11.9 Å². The minimum atomic E-state index is -3.88. The van der Waals surface area contributed by atoms with Crippen LogP contribution >= 0.6 is 0 Å². The molecule has 0 aliphatic rings. The third kappa shape index (κ3) is 6.67. The molecular formula is C25H24N2O7S. The number of nitrogens with one attached hydrogen (secondary N) is 2. The fourth-order valence-corrected chi connectivity index (χ4v) is 4.02. The molecule has 1 atom stereocenters. The summed E-state index contributed by atoms with van der Waals surface area (Å²) >= 11 is 0. The van der Waals surface area contributed by atoms with Crippen molar-refractivity contribution in [2.24, 2.45) is 0 Å². The zero-order valence-electron chi connectivity index (χ0n) is 19.3. The number of hydrogen-bond acceptors (Lipinski definition) is 7. The topological polar surface area (TPSA) is 128 Å². The normalized spacial score (nSPS) is 11.7. The van der Waals surface area contributed by atoms with Crippen LogP contribution in [0.5, 0.6) is 5.75 Å². The van der Waals surface area contributed by atoms with Crippen LogP contribution in [0.25, 0.3) is 0 Å². The Labute approximate surface area is 203 Å². The number of methoxy groups -OCH3 is 1. The minimum Gasteiger partial charge on any atom is -0.497 e. The second-order valence-electron chi connectivity index (χ2n) is 7.53. The smallest absolute Gasteiger partial charge is 0.338 e. The zero-order valence-corrected chi connectivity index (χ0v) is 20.1. The van der Waals surface area contributed by atoms with Crippen molar-refractivity contribution in [3.8, 4) is 5.75 Å². The van der Waals surface area contributed by atoms with E-state index in [9.17, 15) is 22.8 Å². The van der Waals surface area contributed by atoms with E-state index in [4.69, 9.17) is 9.47 Å². The van der Waals surface area contributed by atoms with E-state index < -0.39 is 28.0 Å². The average Bonchev–Trinajstić information content (AvgIpc) is 2.84. The van der Waals surface area contributed by atoms with Gasteiger partial charge in [-0.15, -0.1) is 0 Å². The van der Waals surface area contributed by atoms with Crippen LogP contribution in [0.4, 0.5) is 11.4 Å². The van der Waals surface area contributed by atoms with Crippen LogP contribution in [0.2, 0.25) is 0 Å². The van der Waals surface area contributed by atoms with Gasteiger partial charge in [-0.25, -0.2) is 13.2 Å². The first-order chi connectivity index (χ1) is 16.6.